The van der Waals surface area contributed by atoms with E-state index in [0.29, 0.717) is 26.1 Å². The van der Waals surface area contributed by atoms with Crippen LogP contribution in [-0.2, 0) is 20.9 Å². The number of nitrogens with one attached hydrogen (secondary N) is 1. The van der Waals surface area contributed by atoms with Gasteiger partial charge in [-0.25, -0.2) is 4.39 Å². The average Bonchev–Trinajstić information content (AvgIpc) is 3.39. The van der Waals surface area contributed by atoms with Gasteiger partial charge in [0.2, 0.25) is 11.8 Å². The number of hydrogen-bond donors (Lipinski definition) is 1. The van der Waals surface area contributed by atoms with Gasteiger partial charge in [-0.3, -0.25) is 19.4 Å². The van der Waals surface area contributed by atoms with Gasteiger partial charge in [-0.1, -0.05) is 12.1 Å². The number of halogens is 1. The molecule has 176 valence electrons. The van der Waals surface area contributed by atoms with Crippen LogP contribution >= 0.6 is 0 Å². The van der Waals surface area contributed by atoms with Crippen molar-refractivity contribution in [3.63, 3.8) is 0 Å². The Labute approximate surface area is 189 Å². The summed E-state index contributed by atoms with van der Waals surface area (Å²) in [5, 5.41) is 3.12. The number of methoxy groups -OCH3 is 1. The third-order valence-corrected chi connectivity index (χ3v) is 7.40. The minimum absolute atomic E-state index is 0.0509. The molecule has 8 heteroatoms. The summed E-state index contributed by atoms with van der Waals surface area (Å²) in [6, 6.07) is 6.71. The monoisotopic (exact) mass is 446 g/mol. The zero-order chi connectivity index (χ0) is 22.7. The smallest absolute Gasteiger partial charge is 0.239 e. The zero-order valence-corrected chi connectivity index (χ0v) is 19.1. The molecule has 3 heterocycles. The molecule has 4 atom stereocenters. The number of rotatable bonds is 7. The maximum Gasteiger partial charge on any atom is 0.239 e. The van der Waals surface area contributed by atoms with Crippen molar-refractivity contribution in [1.29, 1.82) is 0 Å². The first-order valence-electron chi connectivity index (χ1n) is 11.7. The molecule has 0 radical (unpaired) electrons. The first-order chi connectivity index (χ1) is 15.5. The highest BCUT2D eigenvalue weighted by molar-refractivity contribution is 5.83. The molecule has 0 unspecified atom stereocenters. The highest BCUT2D eigenvalue weighted by atomic mass is 19.1. The van der Waals surface area contributed by atoms with E-state index in [2.05, 4.69) is 22.2 Å². The van der Waals surface area contributed by atoms with Crippen LogP contribution in [0.1, 0.15) is 37.7 Å². The highest BCUT2D eigenvalue weighted by Gasteiger charge is 2.45. The Morgan fingerprint density at radius 3 is 2.72 bits per heavy atom. The molecule has 0 aliphatic carbocycles. The molecule has 1 aromatic carbocycles. The summed E-state index contributed by atoms with van der Waals surface area (Å²) in [5.41, 5.74) is 1.00. The van der Waals surface area contributed by atoms with E-state index in [1.165, 1.54) is 12.1 Å². The molecular weight excluding hydrogens is 411 g/mol. The van der Waals surface area contributed by atoms with Crippen molar-refractivity contribution in [2.24, 2.45) is 0 Å². The van der Waals surface area contributed by atoms with Crippen LogP contribution in [0.2, 0.25) is 0 Å². The molecule has 0 aromatic heterocycles. The lowest BCUT2D eigenvalue weighted by atomic mass is 10.0. The van der Waals surface area contributed by atoms with Crippen molar-refractivity contribution in [2.45, 2.75) is 62.8 Å². The van der Waals surface area contributed by atoms with Gasteiger partial charge >= 0.3 is 0 Å². The fourth-order valence-corrected chi connectivity index (χ4v) is 5.61. The fourth-order valence-electron chi connectivity index (χ4n) is 5.61. The summed E-state index contributed by atoms with van der Waals surface area (Å²) in [7, 11) is 3.76. The highest BCUT2D eigenvalue weighted by Crippen LogP contribution is 2.29. The van der Waals surface area contributed by atoms with Crippen LogP contribution in [0.15, 0.2) is 24.3 Å². The predicted molar refractivity (Wildman–Crippen MR) is 119 cm³/mol. The number of nitrogens with zero attached hydrogens (tertiary/aromatic N) is 3. The second-order valence-electron chi connectivity index (χ2n) is 9.34. The largest absolute Gasteiger partial charge is 0.383 e. The van der Waals surface area contributed by atoms with E-state index in [9.17, 15) is 14.0 Å². The second kappa shape index (κ2) is 10.3. The van der Waals surface area contributed by atoms with E-state index >= 15 is 0 Å². The normalized spacial score (nSPS) is 29.1. The van der Waals surface area contributed by atoms with E-state index in [-0.39, 0.29) is 41.8 Å². The lowest BCUT2D eigenvalue weighted by molar-refractivity contribution is -0.133. The quantitative estimate of drug-likeness (QED) is 0.690. The second-order valence-corrected chi connectivity index (χ2v) is 9.34. The van der Waals surface area contributed by atoms with Crippen molar-refractivity contribution in [1.82, 2.24) is 20.0 Å². The van der Waals surface area contributed by atoms with Crippen molar-refractivity contribution in [3.05, 3.63) is 35.6 Å². The lowest BCUT2D eigenvalue weighted by Gasteiger charge is -2.33. The molecule has 3 fully saturated rings. The van der Waals surface area contributed by atoms with Crippen molar-refractivity contribution in [3.8, 4) is 0 Å². The molecule has 2 amide bonds. The molecule has 0 spiro atoms. The molecule has 0 saturated carbocycles. The fraction of sp³-hybridized carbons (Fsp3) is 0.667. The molecule has 32 heavy (non-hydrogen) atoms. The Morgan fingerprint density at radius 2 is 1.97 bits per heavy atom. The molecular formula is C24H35FN4O3. The first kappa shape index (κ1) is 23.1. The SMILES string of the molecule is COC[C@H]1CCCN1C(=O)CC[C@H]1CNC(=O)[C@@H]2[C@H](CCN2Cc2ccc(F)cc2)N1C. The van der Waals surface area contributed by atoms with Gasteiger partial charge in [0, 0.05) is 51.8 Å². The number of amides is 2. The molecule has 4 rings (SSSR count). The van der Waals surface area contributed by atoms with Crippen LogP contribution in [0.25, 0.3) is 0 Å². The Morgan fingerprint density at radius 1 is 1.19 bits per heavy atom. The van der Waals surface area contributed by atoms with Crippen LogP contribution in [0, 0.1) is 5.82 Å². The van der Waals surface area contributed by atoms with Gasteiger partial charge in [0.1, 0.15) is 11.9 Å². The minimum Gasteiger partial charge on any atom is -0.383 e. The molecule has 7 nitrogen and oxygen atoms in total. The number of carbonyl (C=O) groups is 2. The number of likely N-dealkylation sites (N-methyl/N-ethyl adjacent to an activating group) is 1. The summed E-state index contributed by atoms with van der Waals surface area (Å²) in [4.78, 5) is 32.3. The summed E-state index contributed by atoms with van der Waals surface area (Å²) < 4.78 is 18.5. The molecule has 1 aromatic rings. The van der Waals surface area contributed by atoms with Gasteiger partial charge in [-0.15, -0.1) is 0 Å². The topological polar surface area (TPSA) is 65.1 Å². The zero-order valence-electron chi connectivity index (χ0n) is 19.1. The van der Waals surface area contributed by atoms with Crippen LogP contribution in [-0.4, -0.2) is 91.1 Å². The number of carbonyl (C=O) groups excluding carboxylic acids is 2. The maximum absolute atomic E-state index is 13.2. The van der Waals surface area contributed by atoms with Gasteiger partial charge in [-0.2, -0.15) is 0 Å². The third-order valence-electron chi connectivity index (χ3n) is 7.40. The number of likely N-dealkylation sites (tertiary alicyclic amines) is 2. The van der Waals surface area contributed by atoms with E-state index in [4.69, 9.17) is 4.74 Å². The molecule has 3 saturated heterocycles. The molecule has 3 aliphatic rings. The molecule has 1 N–H and O–H groups in total. The Balaban J connectivity index is 1.36. The Bertz CT molecular complexity index is 805. The number of fused-ring (bicyclic) bond motifs is 1. The van der Waals surface area contributed by atoms with Gasteiger partial charge in [0.15, 0.2) is 0 Å². The van der Waals surface area contributed by atoms with Crippen LogP contribution in [0.4, 0.5) is 4.39 Å². The number of benzene rings is 1. The standard InChI is InChI=1S/C24H35FN4O3/c1-27-19(9-10-22(30)29-12-3-4-20(29)16-32-2)14-26-24(31)23-21(27)11-13-28(23)15-17-5-7-18(25)8-6-17/h5-8,19-21,23H,3-4,9-16H2,1-2H3,(H,26,31)/t19-,20+,21-,23-/m0/s1. The maximum atomic E-state index is 13.2. The molecule has 0 bridgehead atoms. The Kier molecular flexibility index (Phi) is 7.43. The average molecular weight is 447 g/mol. The summed E-state index contributed by atoms with van der Waals surface area (Å²) >= 11 is 0. The van der Waals surface area contributed by atoms with Crippen LogP contribution < -0.4 is 5.32 Å². The van der Waals surface area contributed by atoms with Crippen molar-refractivity contribution in [2.75, 3.05) is 40.4 Å². The van der Waals surface area contributed by atoms with E-state index in [1.807, 2.05) is 4.90 Å². The minimum atomic E-state index is -0.250. The van der Waals surface area contributed by atoms with E-state index in [0.717, 1.165) is 44.3 Å². The van der Waals surface area contributed by atoms with Crippen molar-refractivity contribution < 1.29 is 18.7 Å². The van der Waals surface area contributed by atoms with Gasteiger partial charge in [0.25, 0.3) is 0 Å². The summed E-state index contributed by atoms with van der Waals surface area (Å²) in [6.07, 6.45) is 4.16. The predicted octanol–water partition coefficient (Wildman–Crippen LogP) is 1.62. The van der Waals surface area contributed by atoms with E-state index < -0.39 is 0 Å². The molecule has 3 aliphatic heterocycles. The lowest BCUT2D eigenvalue weighted by Crippen LogP contribution is -2.49. The summed E-state index contributed by atoms with van der Waals surface area (Å²) in [6.45, 7) is 3.41. The van der Waals surface area contributed by atoms with Gasteiger partial charge in [0.05, 0.1) is 12.6 Å². The van der Waals surface area contributed by atoms with Crippen LogP contribution in [0.3, 0.4) is 0 Å². The van der Waals surface area contributed by atoms with Gasteiger partial charge in [-0.05, 0) is 50.4 Å². The number of hydrogen-bond acceptors (Lipinski definition) is 5. The van der Waals surface area contributed by atoms with Crippen molar-refractivity contribution >= 4 is 11.8 Å². The Hall–Kier alpha value is -2.03. The third kappa shape index (κ3) is 4.97. The number of ether oxygens (including phenoxy) is 1. The first-order valence-corrected chi connectivity index (χ1v) is 11.7. The van der Waals surface area contributed by atoms with Gasteiger partial charge < -0.3 is 15.0 Å². The van der Waals surface area contributed by atoms with E-state index in [1.54, 1.807) is 19.2 Å². The van der Waals surface area contributed by atoms with Crippen LogP contribution in [0.5, 0.6) is 0 Å². The summed E-state index contributed by atoms with van der Waals surface area (Å²) in [5.74, 6) is -0.00993.